The highest BCUT2D eigenvalue weighted by molar-refractivity contribution is 7.97. The second-order valence-corrected chi connectivity index (χ2v) is 6.13. The first-order valence-electron chi connectivity index (χ1n) is 6.76. The molecule has 2 atom stereocenters. The third-order valence-corrected chi connectivity index (χ3v) is 4.31. The molecule has 2 N–H and O–H groups in total. The molecule has 1 amide bonds. The lowest BCUT2D eigenvalue weighted by atomic mass is 9.98. The second kappa shape index (κ2) is 6.44. The fourth-order valence-electron chi connectivity index (χ4n) is 2.59. The van der Waals surface area contributed by atoms with Gasteiger partial charge in [-0.3, -0.25) is 4.79 Å². The molecule has 0 unspecified atom stereocenters. The maximum atomic E-state index is 12.5. The summed E-state index contributed by atoms with van der Waals surface area (Å²) >= 11 is 1.79. The van der Waals surface area contributed by atoms with Crippen molar-refractivity contribution in [1.82, 2.24) is 4.90 Å². The van der Waals surface area contributed by atoms with Crippen LogP contribution in [0.1, 0.15) is 35.7 Å². The van der Waals surface area contributed by atoms with Crippen molar-refractivity contribution >= 4 is 17.7 Å². The quantitative estimate of drug-likeness (QED) is 0.924. The third-order valence-electron chi connectivity index (χ3n) is 3.69. The largest absolute Gasteiger partial charge is 0.336 e. The minimum atomic E-state index is 0.134. The highest BCUT2D eigenvalue weighted by Crippen LogP contribution is 2.19. The molecule has 0 spiro atoms. The summed E-state index contributed by atoms with van der Waals surface area (Å²) in [4.78, 5) is 14.4. The molecule has 4 heteroatoms. The molecule has 104 valence electrons. The zero-order chi connectivity index (χ0) is 13.8. The Bertz CT molecular complexity index is 432. The van der Waals surface area contributed by atoms with E-state index in [-0.39, 0.29) is 18.0 Å². The monoisotopic (exact) mass is 278 g/mol. The molecule has 0 aliphatic carbocycles. The molecule has 1 aromatic rings. The lowest BCUT2D eigenvalue weighted by molar-refractivity contribution is 0.0619. The number of rotatable bonds is 3. The summed E-state index contributed by atoms with van der Waals surface area (Å²) in [7, 11) is 0. The molecule has 0 bridgehead atoms. The normalized spacial score (nSPS) is 23.4. The third kappa shape index (κ3) is 3.51. The molecular weight excluding hydrogens is 256 g/mol. The summed E-state index contributed by atoms with van der Waals surface area (Å²) in [5.74, 6) is 1.12. The van der Waals surface area contributed by atoms with Gasteiger partial charge in [0.2, 0.25) is 0 Å². The Labute approximate surface area is 119 Å². The molecule has 2 rings (SSSR count). The highest BCUT2D eigenvalue weighted by atomic mass is 32.2. The van der Waals surface area contributed by atoms with E-state index >= 15 is 0 Å². The first kappa shape index (κ1) is 14.4. The van der Waals surface area contributed by atoms with Crippen molar-refractivity contribution in [1.29, 1.82) is 0 Å². The predicted octanol–water partition coefficient (Wildman–Crippen LogP) is 2.50. The van der Waals surface area contributed by atoms with E-state index in [2.05, 4.69) is 13.2 Å². The van der Waals surface area contributed by atoms with Crippen LogP contribution >= 0.6 is 11.8 Å². The van der Waals surface area contributed by atoms with Gasteiger partial charge in [0.25, 0.3) is 5.91 Å². The van der Waals surface area contributed by atoms with Gasteiger partial charge >= 0.3 is 0 Å². The zero-order valence-corrected chi connectivity index (χ0v) is 12.5. The maximum Gasteiger partial charge on any atom is 0.254 e. The second-order valence-electron chi connectivity index (χ2n) is 5.26. The van der Waals surface area contributed by atoms with Crippen LogP contribution in [0.3, 0.4) is 0 Å². The van der Waals surface area contributed by atoms with Crippen LogP contribution in [0.5, 0.6) is 0 Å². The highest BCUT2D eigenvalue weighted by Gasteiger charge is 2.27. The topological polar surface area (TPSA) is 46.3 Å². The number of thioether (sulfide) groups is 1. The van der Waals surface area contributed by atoms with Crippen LogP contribution in [0, 0.1) is 0 Å². The Morgan fingerprint density at radius 3 is 2.68 bits per heavy atom. The van der Waals surface area contributed by atoms with Crippen LogP contribution in [0.25, 0.3) is 0 Å². The molecular formula is C15H22N2OS. The molecule has 1 aliphatic rings. The van der Waals surface area contributed by atoms with Crippen LogP contribution in [-0.2, 0) is 5.75 Å². The summed E-state index contributed by atoms with van der Waals surface area (Å²) in [5.41, 5.74) is 7.99. The number of hydrogen-bond acceptors (Lipinski definition) is 3. The van der Waals surface area contributed by atoms with Gasteiger partial charge in [0.1, 0.15) is 0 Å². The first-order valence-corrected chi connectivity index (χ1v) is 8.15. The van der Waals surface area contributed by atoms with Gasteiger partial charge in [-0.1, -0.05) is 12.1 Å². The number of nitrogens with zero attached hydrogens (tertiary/aromatic N) is 1. The summed E-state index contributed by atoms with van der Waals surface area (Å²) in [6.45, 7) is 2.85. The van der Waals surface area contributed by atoms with E-state index in [0.717, 1.165) is 30.7 Å². The molecule has 0 aromatic heterocycles. The zero-order valence-electron chi connectivity index (χ0n) is 11.6. The molecule has 1 saturated heterocycles. The van der Waals surface area contributed by atoms with Crippen LogP contribution in [-0.4, -0.2) is 35.7 Å². The fraction of sp³-hybridized carbons (Fsp3) is 0.533. The Balaban J connectivity index is 2.06. The van der Waals surface area contributed by atoms with Crippen molar-refractivity contribution in [2.75, 3.05) is 12.8 Å². The number of amides is 1. The number of nitrogens with two attached hydrogens (primary N) is 1. The van der Waals surface area contributed by atoms with E-state index in [9.17, 15) is 4.79 Å². The van der Waals surface area contributed by atoms with Crippen LogP contribution in [0.15, 0.2) is 24.3 Å². The number of likely N-dealkylation sites (tertiary alicyclic amines) is 1. The lowest BCUT2D eigenvalue weighted by Crippen LogP contribution is -2.48. The van der Waals surface area contributed by atoms with Gasteiger partial charge in [0.05, 0.1) is 0 Å². The minimum Gasteiger partial charge on any atom is -0.336 e. The first-order chi connectivity index (χ1) is 9.11. The lowest BCUT2D eigenvalue weighted by Gasteiger charge is -2.36. The Hall–Kier alpha value is -1.00. The van der Waals surface area contributed by atoms with E-state index < -0.39 is 0 Å². The molecule has 1 aromatic carbocycles. The number of carbonyl (C=O) groups excluding carboxylic acids is 1. The number of hydrogen-bond donors (Lipinski definition) is 1. The Kier molecular flexibility index (Phi) is 4.88. The Morgan fingerprint density at radius 2 is 2.11 bits per heavy atom. The van der Waals surface area contributed by atoms with Crippen molar-refractivity contribution in [3.63, 3.8) is 0 Å². The summed E-state index contributed by atoms with van der Waals surface area (Å²) in [5, 5.41) is 0. The van der Waals surface area contributed by atoms with E-state index in [1.165, 1.54) is 5.56 Å². The van der Waals surface area contributed by atoms with Crippen LogP contribution in [0.4, 0.5) is 0 Å². The van der Waals surface area contributed by atoms with Crippen molar-refractivity contribution < 1.29 is 4.79 Å². The number of benzene rings is 1. The smallest absolute Gasteiger partial charge is 0.254 e. The average molecular weight is 278 g/mol. The van der Waals surface area contributed by atoms with Crippen molar-refractivity contribution in [2.24, 2.45) is 5.73 Å². The maximum absolute atomic E-state index is 12.5. The predicted molar refractivity (Wildman–Crippen MR) is 81.4 cm³/mol. The summed E-state index contributed by atoms with van der Waals surface area (Å²) < 4.78 is 0. The van der Waals surface area contributed by atoms with Gasteiger partial charge in [-0.25, -0.2) is 0 Å². The van der Waals surface area contributed by atoms with E-state index in [0.29, 0.717) is 0 Å². The summed E-state index contributed by atoms with van der Waals surface area (Å²) in [6.07, 6.45) is 3.88. The van der Waals surface area contributed by atoms with Crippen molar-refractivity contribution in [2.45, 2.75) is 37.6 Å². The molecule has 0 radical (unpaired) electrons. The van der Waals surface area contributed by atoms with Crippen LogP contribution < -0.4 is 5.73 Å². The Morgan fingerprint density at radius 1 is 1.42 bits per heavy atom. The van der Waals surface area contributed by atoms with Gasteiger partial charge < -0.3 is 10.6 Å². The van der Waals surface area contributed by atoms with E-state index in [1.807, 2.05) is 29.2 Å². The van der Waals surface area contributed by atoms with Gasteiger partial charge in [0.15, 0.2) is 0 Å². The molecule has 19 heavy (non-hydrogen) atoms. The minimum absolute atomic E-state index is 0.134. The van der Waals surface area contributed by atoms with E-state index in [1.54, 1.807) is 11.8 Å². The van der Waals surface area contributed by atoms with Crippen molar-refractivity contribution in [3.8, 4) is 0 Å². The van der Waals surface area contributed by atoms with Gasteiger partial charge in [-0.05, 0) is 43.7 Å². The molecule has 1 heterocycles. The molecule has 1 aliphatic heterocycles. The summed E-state index contributed by atoms with van der Waals surface area (Å²) in [6, 6.07) is 8.45. The van der Waals surface area contributed by atoms with Gasteiger partial charge in [-0.2, -0.15) is 11.8 Å². The number of piperidine rings is 1. The molecule has 0 saturated carbocycles. The van der Waals surface area contributed by atoms with Crippen molar-refractivity contribution in [3.05, 3.63) is 35.4 Å². The van der Waals surface area contributed by atoms with Gasteiger partial charge in [0, 0.05) is 29.9 Å². The average Bonchev–Trinajstić information content (AvgIpc) is 2.39. The number of carbonyl (C=O) groups is 1. The SMILES string of the molecule is CSCc1ccc(C(=O)N2CC[C@@H](N)C[C@@H]2C)cc1. The molecule has 1 fully saturated rings. The van der Waals surface area contributed by atoms with E-state index in [4.69, 9.17) is 5.73 Å². The van der Waals surface area contributed by atoms with Crippen LogP contribution in [0.2, 0.25) is 0 Å². The fourth-order valence-corrected chi connectivity index (χ4v) is 3.11. The molecule has 3 nitrogen and oxygen atoms in total. The standard InChI is InChI=1S/C15H22N2OS/c1-11-9-14(16)7-8-17(11)15(18)13-5-3-12(4-6-13)10-19-2/h3-6,11,14H,7-10,16H2,1-2H3/t11-,14+/m0/s1. The van der Waals surface area contributed by atoms with Gasteiger partial charge in [-0.15, -0.1) is 0 Å².